The summed E-state index contributed by atoms with van der Waals surface area (Å²) in [6.45, 7) is 0. The lowest BCUT2D eigenvalue weighted by Gasteiger charge is -1.99. The van der Waals surface area contributed by atoms with Gasteiger partial charge in [-0.2, -0.15) is 5.10 Å². The zero-order valence-electron chi connectivity index (χ0n) is 11.3. The Morgan fingerprint density at radius 3 is 2.64 bits per heavy atom. The molecule has 0 amide bonds. The minimum absolute atomic E-state index is 0.652. The molecule has 0 bridgehead atoms. The van der Waals surface area contributed by atoms with Gasteiger partial charge < -0.3 is 9.90 Å². The normalized spacial score (nSPS) is 11.1. The summed E-state index contributed by atoms with van der Waals surface area (Å²) in [4.78, 5) is 11.5. The number of benzene rings is 1. The number of carbonyl (C=O) groups excluding carboxylic acids is 1. The van der Waals surface area contributed by atoms with Gasteiger partial charge in [0.2, 0.25) is 0 Å². The van der Waals surface area contributed by atoms with E-state index in [0.717, 1.165) is 16.6 Å². The van der Waals surface area contributed by atoms with Crippen molar-refractivity contribution in [3.63, 3.8) is 0 Å². The number of carboxylic acid groups (broad SMARTS) is 1. The second kappa shape index (κ2) is 6.17. The van der Waals surface area contributed by atoms with Gasteiger partial charge in [0.05, 0.1) is 20.9 Å². The van der Waals surface area contributed by atoms with Crippen molar-refractivity contribution in [2.45, 2.75) is 0 Å². The van der Waals surface area contributed by atoms with Crippen molar-refractivity contribution >= 4 is 35.0 Å². The minimum atomic E-state index is -1.25. The minimum Gasteiger partial charge on any atom is -0.545 e. The number of hydrogen-bond acceptors (Lipinski definition) is 4. The summed E-state index contributed by atoms with van der Waals surface area (Å²) in [7, 11) is 0. The Hall–Kier alpha value is -2.37. The quantitative estimate of drug-likeness (QED) is 0.691. The van der Waals surface area contributed by atoms with Crippen LogP contribution in [0.5, 0.6) is 0 Å². The Kier molecular flexibility index (Phi) is 4.09. The first-order chi connectivity index (χ1) is 10.6. The molecule has 0 atom stereocenters. The lowest BCUT2D eigenvalue weighted by Crippen LogP contribution is -2.18. The molecular formula is C16H10ClN2O2S-. The summed E-state index contributed by atoms with van der Waals surface area (Å²) in [6.07, 6.45) is 4.24. The summed E-state index contributed by atoms with van der Waals surface area (Å²) in [6, 6.07) is 13.2. The fourth-order valence-electron chi connectivity index (χ4n) is 2.01. The molecule has 0 aliphatic carbocycles. The van der Waals surface area contributed by atoms with Crippen LogP contribution in [0.25, 0.3) is 22.3 Å². The van der Waals surface area contributed by atoms with Crippen molar-refractivity contribution in [1.82, 2.24) is 9.78 Å². The van der Waals surface area contributed by atoms with Gasteiger partial charge in [-0.3, -0.25) is 0 Å². The smallest absolute Gasteiger partial charge is 0.110 e. The van der Waals surface area contributed by atoms with Crippen molar-refractivity contribution in [1.29, 1.82) is 0 Å². The summed E-state index contributed by atoms with van der Waals surface area (Å²) >= 11 is 7.37. The second-order valence-electron chi connectivity index (χ2n) is 4.47. The SMILES string of the molecule is O=C([O-])/C=C/c1cn(-c2ccccc2)nc1-c1ccc(Cl)s1. The zero-order valence-corrected chi connectivity index (χ0v) is 12.8. The molecule has 0 fully saturated rings. The van der Waals surface area contributed by atoms with E-state index in [2.05, 4.69) is 5.10 Å². The van der Waals surface area contributed by atoms with Gasteiger partial charge in [-0.05, 0) is 36.4 Å². The van der Waals surface area contributed by atoms with Crippen LogP contribution < -0.4 is 5.11 Å². The van der Waals surface area contributed by atoms with E-state index >= 15 is 0 Å². The molecule has 1 aromatic carbocycles. The highest BCUT2D eigenvalue weighted by molar-refractivity contribution is 7.19. The van der Waals surface area contributed by atoms with Crippen LogP contribution in [0, 0.1) is 0 Å². The molecule has 3 rings (SSSR count). The average Bonchev–Trinajstić information content (AvgIpc) is 3.12. The number of thiophene rings is 1. The summed E-state index contributed by atoms with van der Waals surface area (Å²) in [5, 5.41) is 15.2. The highest BCUT2D eigenvalue weighted by Crippen LogP contribution is 2.33. The molecule has 2 aromatic heterocycles. The third-order valence-corrected chi connectivity index (χ3v) is 4.21. The molecule has 0 saturated heterocycles. The Balaban J connectivity index is 2.10. The van der Waals surface area contributed by atoms with Gasteiger partial charge in [-0.25, -0.2) is 4.68 Å². The number of aromatic nitrogens is 2. The molecule has 0 spiro atoms. The summed E-state index contributed by atoms with van der Waals surface area (Å²) in [5.41, 5.74) is 2.25. The van der Waals surface area contributed by atoms with Gasteiger partial charge in [0, 0.05) is 11.8 Å². The third kappa shape index (κ3) is 3.10. The Morgan fingerprint density at radius 2 is 2.00 bits per heavy atom. The molecule has 0 aliphatic rings. The predicted octanol–water partition coefficient (Wildman–Crippen LogP) is 3.02. The van der Waals surface area contributed by atoms with Crippen LogP contribution in [0.4, 0.5) is 0 Å². The molecule has 0 N–H and O–H groups in total. The largest absolute Gasteiger partial charge is 0.545 e. The molecule has 0 aliphatic heterocycles. The van der Waals surface area contributed by atoms with Gasteiger partial charge in [-0.15, -0.1) is 11.3 Å². The number of aliphatic carboxylic acids is 1. The van der Waals surface area contributed by atoms with Crippen molar-refractivity contribution in [2.75, 3.05) is 0 Å². The Morgan fingerprint density at radius 1 is 1.23 bits per heavy atom. The predicted molar refractivity (Wildman–Crippen MR) is 85.9 cm³/mol. The number of carbonyl (C=O) groups is 1. The van der Waals surface area contributed by atoms with Gasteiger partial charge in [0.1, 0.15) is 5.69 Å². The van der Waals surface area contributed by atoms with Crippen molar-refractivity contribution < 1.29 is 9.90 Å². The molecule has 22 heavy (non-hydrogen) atoms. The summed E-state index contributed by atoms with van der Waals surface area (Å²) < 4.78 is 2.36. The van der Waals surface area contributed by atoms with Crippen LogP contribution in [0.3, 0.4) is 0 Å². The number of carboxylic acids is 1. The maximum atomic E-state index is 10.7. The molecule has 4 nitrogen and oxygen atoms in total. The van der Waals surface area contributed by atoms with Gasteiger partial charge in [0.25, 0.3) is 0 Å². The molecule has 2 heterocycles. The van der Waals surface area contributed by atoms with E-state index in [4.69, 9.17) is 11.6 Å². The van der Waals surface area contributed by atoms with Gasteiger partial charge >= 0.3 is 0 Å². The molecule has 3 aromatic rings. The Labute approximate surface area is 135 Å². The van der Waals surface area contributed by atoms with E-state index < -0.39 is 5.97 Å². The lowest BCUT2D eigenvalue weighted by molar-refractivity contribution is -0.297. The number of nitrogens with zero attached hydrogens (tertiary/aromatic N) is 2. The summed E-state index contributed by atoms with van der Waals surface area (Å²) in [5.74, 6) is -1.25. The van der Waals surface area contributed by atoms with E-state index in [1.807, 2.05) is 36.4 Å². The molecule has 0 saturated carbocycles. The molecule has 0 unspecified atom stereocenters. The topological polar surface area (TPSA) is 57.9 Å². The third-order valence-electron chi connectivity index (χ3n) is 2.97. The number of hydrogen-bond donors (Lipinski definition) is 0. The highest BCUT2D eigenvalue weighted by Gasteiger charge is 2.12. The fourth-order valence-corrected chi connectivity index (χ4v) is 3.06. The number of rotatable bonds is 4. The van der Waals surface area contributed by atoms with Crippen LogP contribution >= 0.6 is 22.9 Å². The average molecular weight is 330 g/mol. The first-order valence-corrected chi connectivity index (χ1v) is 7.63. The van der Waals surface area contributed by atoms with Crippen molar-refractivity contribution in [2.24, 2.45) is 0 Å². The monoisotopic (exact) mass is 329 g/mol. The maximum absolute atomic E-state index is 10.7. The van der Waals surface area contributed by atoms with Crippen molar-refractivity contribution in [3.05, 3.63) is 64.6 Å². The van der Waals surface area contributed by atoms with Gasteiger partial charge in [0.15, 0.2) is 0 Å². The maximum Gasteiger partial charge on any atom is 0.110 e. The standard InChI is InChI=1S/C16H11ClN2O2S/c17-14-8-7-13(22-14)16-11(6-9-15(20)21)10-19(18-16)12-4-2-1-3-5-12/h1-10H,(H,20,21)/p-1/b9-6+. The van der Waals surface area contributed by atoms with E-state index in [1.165, 1.54) is 17.4 Å². The van der Waals surface area contributed by atoms with Crippen LogP contribution in [0.15, 0.2) is 54.7 Å². The molecule has 6 heteroatoms. The first-order valence-electron chi connectivity index (χ1n) is 6.43. The fraction of sp³-hybridized carbons (Fsp3) is 0. The molecule has 0 radical (unpaired) electrons. The number of para-hydroxylation sites is 1. The van der Waals surface area contributed by atoms with E-state index in [0.29, 0.717) is 15.6 Å². The zero-order chi connectivity index (χ0) is 15.5. The van der Waals surface area contributed by atoms with Gasteiger partial charge in [-0.1, -0.05) is 29.8 Å². The molecular weight excluding hydrogens is 320 g/mol. The van der Waals surface area contributed by atoms with Crippen LogP contribution in [-0.4, -0.2) is 15.7 Å². The first kappa shape index (κ1) is 14.6. The van der Waals surface area contributed by atoms with Crippen LogP contribution in [0.2, 0.25) is 4.34 Å². The van der Waals surface area contributed by atoms with Crippen molar-refractivity contribution in [3.8, 4) is 16.3 Å². The van der Waals surface area contributed by atoms with E-state index in [1.54, 1.807) is 16.9 Å². The van der Waals surface area contributed by atoms with E-state index in [-0.39, 0.29) is 0 Å². The molecule has 110 valence electrons. The van der Waals surface area contributed by atoms with Crippen LogP contribution in [0.1, 0.15) is 5.56 Å². The van der Waals surface area contributed by atoms with Crippen LogP contribution in [-0.2, 0) is 4.79 Å². The number of halogens is 1. The second-order valence-corrected chi connectivity index (χ2v) is 6.18. The highest BCUT2D eigenvalue weighted by atomic mass is 35.5. The Bertz CT molecular complexity index is 837. The van der Waals surface area contributed by atoms with E-state index in [9.17, 15) is 9.90 Å². The lowest BCUT2D eigenvalue weighted by atomic mass is 10.2.